The molecular weight excluding hydrogens is 254 g/mol. The van der Waals surface area contributed by atoms with Crippen molar-refractivity contribution in [1.82, 2.24) is 5.32 Å². The molecule has 0 fully saturated rings. The lowest BCUT2D eigenvalue weighted by Crippen LogP contribution is -2.30. The summed E-state index contributed by atoms with van der Waals surface area (Å²) < 4.78 is 0. The van der Waals surface area contributed by atoms with Gasteiger partial charge in [-0.2, -0.15) is 0 Å². The minimum Gasteiger partial charge on any atom is -0.310 e. The summed E-state index contributed by atoms with van der Waals surface area (Å²) >= 11 is 6.22. The predicted molar refractivity (Wildman–Crippen MR) is 86.0 cm³/mol. The van der Waals surface area contributed by atoms with E-state index in [-0.39, 0.29) is 0 Å². The van der Waals surface area contributed by atoms with E-state index in [0.29, 0.717) is 17.9 Å². The fourth-order valence-electron chi connectivity index (χ4n) is 2.40. The van der Waals surface area contributed by atoms with Crippen LogP contribution in [0.25, 0.3) is 0 Å². The number of aryl methyl sites for hydroxylation is 2. The second kappa shape index (κ2) is 7.31. The van der Waals surface area contributed by atoms with Crippen LogP contribution in [0.2, 0.25) is 5.02 Å². The van der Waals surface area contributed by atoms with E-state index in [0.717, 1.165) is 18.0 Å². The van der Waals surface area contributed by atoms with Gasteiger partial charge in [0.05, 0.1) is 0 Å². The summed E-state index contributed by atoms with van der Waals surface area (Å²) in [6.45, 7) is 14.4. The van der Waals surface area contributed by atoms with Crippen LogP contribution in [0.15, 0.2) is 12.1 Å². The maximum absolute atomic E-state index is 6.22. The van der Waals surface area contributed by atoms with Crippen LogP contribution in [0.4, 0.5) is 0 Å². The van der Waals surface area contributed by atoms with Gasteiger partial charge in [0.1, 0.15) is 0 Å². The third-order valence-electron chi connectivity index (χ3n) is 4.07. The molecule has 108 valence electrons. The SMILES string of the molecule is CCCNC(c1cc(C)c(Cl)cc1C)C(C)C(C)C. The van der Waals surface area contributed by atoms with Crippen LogP contribution in [0.5, 0.6) is 0 Å². The van der Waals surface area contributed by atoms with Crippen LogP contribution < -0.4 is 5.32 Å². The van der Waals surface area contributed by atoms with Crippen LogP contribution in [0.3, 0.4) is 0 Å². The topological polar surface area (TPSA) is 12.0 Å². The van der Waals surface area contributed by atoms with E-state index in [1.54, 1.807) is 0 Å². The first-order valence-electron chi connectivity index (χ1n) is 7.38. The van der Waals surface area contributed by atoms with Gasteiger partial charge in [-0.05, 0) is 61.4 Å². The van der Waals surface area contributed by atoms with Gasteiger partial charge in [-0.3, -0.25) is 0 Å². The van der Waals surface area contributed by atoms with Crippen molar-refractivity contribution in [2.24, 2.45) is 11.8 Å². The Bertz CT molecular complexity index is 412. The highest BCUT2D eigenvalue weighted by Gasteiger charge is 2.23. The third-order valence-corrected chi connectivity index (χ3v) is 4.48. The Labute approximate surface area is 123 Å². The summed E-state index contributed by atoms with van der Waals surface area (Å²) in [5.41, 5.74) is 3.86. The number of benzene rings is 1. The second-order valence-corrected chi connectivity index (χ2v) is 6.40. The lowest BCUT2D eigenvalue weighted by molar-refractivity contribution is 0.303. The summed E-state index contributed by atoms with van der Waals surface area (Å²) in [6, 6.07) is 4.76. The molecule has 0 aliphatic heterocycles. The molecule has 19 heavy (non-hydrogen) atoms. The van der Waals surface area contributed by atoms with Crippen LogP contribution in [-0.4, -0.2) is 6.54 Å². The Balaban J connectivity index is 3.13. The quantitative estimate of drug-likeness (QED) is 0.747. The highest BCUT2D eigenvalue weighted by molar-refractivity contribution is 6.31. The molecule has 1 rings (SSSR count). The summed E-state index contributed by atoms with van der Waals surface area (Å²) in [6.07, 6.45) is 1.16. The van der Waals surface area contributed by atoms with E-state index >= 15 is 0 Å². The highest BCUT2D eigenvalue weighted by Crippen LogP contribution is 2.32. The smallest absolute Gasteiger partial charge is 0.0438 e. The van der Waals surface area contributed by atoms with Gasteiger partial charge >= 0.3 is 0 Å². The maximum atomic E-state index is 6.22. The molecular formula is C17H28ClN. The molecule has 0 amide bonds. The van der Waals surface area contributed by atoms with Gasteiger partial charge < -0.3 is 5.32 Å². The first-order valence-corrected chi connectivity index (χ1v) is 7.76. The van der Waals surface area contributed by atoms with E-state index in [1.165, 1.54) is 16.7 Å². The minimum absolute atomic E-state index is 0.413. The minimum atomic E-state index is 0.413. The van der Waals surface area contributed by atoms with Crippen LogP contribution in [-0.2, 0) is 0 Å². The van der Waals surface area contributed by atoms with E-state index in [2.05, 4.69) is 59.0 Å². The average Bonchev–Trinajstić information content (AvgIpc) is 2.35. The molecule has 0 heterocycles. The molecule has 1 N–H and O–H groups in total. The molecule has 0 saturated carbocycles. The van der Waals surface area contributed by atoms with Crippen LogP contribution >= 0.6 is 11.6 Å². The molecule has 0 aliphatic carbocycles. The normalized spacial score (nSPS) is 14.7. The Morgan fingerprint density at radius 1 is 1.11 bits per heavy atom. The third kappa shape index (κ3) is 4.22. The van der Waals surface area contributed by atoms with Gasteiger partial charge in [0.25, 0.3) is 0 Å². The molecule has 0 radical (unpaired) electrons. The Hall–Kier alpha value is -0.530. The predicted octanol–water partition coefficient (Wildman–Crippen LogP) is 5.29. The number of hydrogen-bond donors (Lipinski definition) is 1. The van der Waals surface area contributed by atoms with Gasteiger partial charge in [-0.15, -0.1) is 0 Å². The van der Waals surface area contributed by atoms with Crippen molar-refractivity contribution in [3.8, 4) is 0 Å². The molecule has 0 bridgehead atoms. The van der Waals surface area contributed by atoms with E-state index in [9.17, 15) is 0 Å². The fraction of sp³-hybridized carbons (Fsp3) is 0.647. The molecule has 1 nitrogen and oxygen atoms in total. The van der Waals surface area contributed by atoms with E-state index in [1.807, 2.05) is 0 Å². The number of nitrogens with one attached hydrogen (secondary N) is 1. The van der Waals surface area contributed by atoms with Crippen molar-refractivity contribution >= 4 is 11.6 Å². The Morgan fingerprint density at radius 3 is 2.26 bits per heavy atom. The molecule has 0 spiro atoms. The van der Waals surface area contributed by atoms with Crippen molar-refractivity contribution in [2.75, 3.05) is 6.54 Å². The van der Waals surface area contributed by atoms with Crippen molar-refractivity contribution in [3.63, 3.8) is 0 Å². The second-order valence-electron chi connectivity index (χ2n) is 5.99. The zero-order valence-corrected chi connectivity index (χ0v) is 13.9. The molecule has 0 aromatic heterocycles. The molecule has 1 aromatic carbocycles. The summed E-state index contributed by atoms with van der Waals surface area (Å²) in [5, 5.41) is 4.58. The van der Waals surface area contributed by atoms with Gasteiger partial charge in [-0.1, -0.05) is 45.4 Å². The molecule has 2 atom stereocenters. The zero-order valence-electron chi connectivity index (χ0n) is 13.2. The monoisotopic (exact) mass is 281 g/mol. The Morgan fingerprint density at radius 2 is 1.74 bits per heavy atom. The first kappa shape index (κ1) is 16.5. The summed E-state index contributed by atoms with van der Waals surface area (Å²) in [5.74, 6) is 1.26. The van der Waals surface area contributed by atoms with Crippen molar-refractivity contribution in [1.29, 1.82) is 0 Å². The molecule has 2 unspecified atom stereocenters. The lowest BCUT2D eigenvalue weighted by Gasteiger charge is -2.30. The van der Waals surface area contributed by atoms with Crippen molar-refractivity contribution in [3.05, 3.63) is 33.8 Å². The Kier molecular flexibility index (Phi) is 6.35. The van der Waals surface area contributed by atoms with Gasteiger partial charge in [0.2, 0.25) is 0 Å². The zero-order chi connectivity index (χ0) is 14.6. The maximum Gasteiger partial charge on any atom is 0.0438 e. The van der Waals surface area contributed by atoms with Crippen molar-refractivity contribution < 1.29 is 0 Å². The average molecular weight is 282 g/mol. The van der Waals surface area contributed by atoms with Gasteiger partial charge in [0, 0.05) is 11.1 Å². The molecule has 0 saturated heterocycles. The van der Waals surface area contributed by atoms with E-state index < -0.39 is 0 Å². The number of rotatable bonds is 6. The van der Waals surface area contributed by atoms with Gasteiger partial charge in [0.15, 0.2) is 0 Å². The summed E-state index contributed by atoms with van der Waals surface area (Å²) in [7, 11) is 0. The van der Waals surface area contributed by atoms with E-state index in [4.69, 9.17) is 11.6 Å². The molecule has 1 aromatic rings. The lowest BCUT2D eigenvalue weighted by atomic mass is 9.84. The standard InChI is InChI=1S/C17H28ClN/c1-7-8-19-17(14(6)11(2)3)15-9-13(5)16(18)10-12(15)4/h9-11,14,17,19H,7-8H2,1-6H3. The molecule has 0 aliphatic rings. The van der Waals surface area contributed by atoms with Gasteiger partial charge in [-0.25, -0.2) is 0 Å². The fourth-order valence-corrected chi connectivity index (χ4v) is 2.62. The summed E-state index contributed by atoms with van der Waals surface area (Å²) in [4.78, 5) is 0. The first-order chi connectivity index (χ1) is 8.88. The highest BCUT2D eigenvalue weighted by atomic mass is 35.5. The number of hydrogen-bond acceptors (Lipinski definition) is 1. The van der Waals surface area contributed by atoms with Crippen LogP contribution in [0.1, 0.15) is 56.8 Å². The number of halogens is 1. The molecule has 2 heteroatoms. The van der Waals surface area contributed by atoms with Crippen LogP contribution in [0, 0.1) is 25.7 Å². The van der Waals surface area contributed by atoms with Crippen molar-refractivity contribution in [2.45, 2.75) is 54.0 Å². The largest absolute Gasteiger partial charge is 0.310 e.